The van der Waals surface area contributed by atoms with Crippen LogP contribution in [-0.4, -0.2) is 44.2 Å². The van der Waals surface area contributed by atoms with E-state index < -0.39 is 0 Å². The Labute approximate surface area is 125 Å². The average molecular weight is 301 g/mol. The van der Waals surface area contributed by atoms with Gasteiger partial charge in [0.15, 0.2) is 0 Å². The standard InChI is InChI=1S/C14H20N2O3.ClH/c1-10-14(17)15-6-7-16(10)9-11-4-5-12(18-2)8-13(11)19-3;/h4-5,8,10H,6-7,9H2,1-3H3,(H,15,17);1H. The molecule has 1 heterocycles. The van der Waals surface area contributed by atoms with Crippen LogP contribution in [0.2, 0.25) is 0 Å². The highest BCUT2D eigenvalue weighted by atomic mass is 35.5. The molecule has 1 aromatic rings. The summed E-state index contributed by atoms with van der Waals surface area (Å²) in [6.45, 7) is 4.16. The van der Waals surface area contributed by atoms with E-state index in [-0.39, 0.29) is 24.4 Å². The van der Waals surface area contributed by atoms with Crippen LogP contribution in [0.25, 0.3) is 0 Å². The van der Waals surface area contributed by atoms with E-state index in [4.69, 9.17) is 9.47 Å². The van der Waals surface area contributed by atoms with Crippen LogP contribution in [0.4, 0.5) is 0 Å². The number of hydrogen-bond donors (Lipinski definition) is 1. The Hall–Kier alpha value is -1.46. The lowest BCUT2D eigenvalue weighted by molar-refractivity contribution is -0.128. The molecule has 5 nitrogen and oxygen atoms in total. The van der Waals surface area contributed by atoms with Crippen LogP contribution in [0.5, 0.6) is 11.5 Å². The quantitative estimate of drug-likeness (QED) is 0.914. The fraction of sp³-hybridized carbons (Fsp3) is 0.500. The number of halogens is 1. The molecule has 1 amide bonds. The summed E-state index contributed by atoms with van der Waals surface area (Å²) < 4.78 is 10.6. The molecule has 0 radical (unpaired) electrons. The predicted octanol–water partition coefficient (Wildman–Crippen LogP) is 1.45. The van der Waals surface area contributed by atoms with Crippen LogP contribution in [0.15, 0.2) is 18.2 Å². The third-order valence-corrected chi connectivity index (χ3v) is 3.49. The summed E-state index contributed by atoms with van der Waals surface area (Å²) in [5, 5.41) is 2.86. The molecule has 0 bridgehead atoms. The first kappa shape index (κ1) is 16.6. The highest BCUT2D eigenvalue weighted by Gasteiger charge is 2.25. The van der Waals surface area contributed by atoms with Gasteiger partial charge in [-0.05, 0) is 13.0 Å². The first-order chi connectivity index (χ1) is 9.15. The molecular weight excluding hydrogens is 280 g/mol. The molecule has 1 aliphatic heterocycles. The average Bonchev–Trinajstić information content (AvgIpc) is 2.44. The van der Waals surface area contributed by atoms with Crippen molar-refractivity contribution in [3.63, 3.8) is 0 Å². The van der Waals surface area contributed by atoms with E-state index in [0.29, 0.717) is 13.1 Å². The van der Waals surface area contributed by atoms with Gasteiger partial charge in [-0.3, -0.25) is 9.69 Å². The summed E-state index contributed by atoms with van der Waals surface area (Å²) in [6, 6.07) is 5.65. The van der Waals surface area contributed by atoms with Crippen molar-refractivity contribution in [1.82, 2.24) is 10.2 Å². The van der Waals surface area contributed by atoms with Crippen LogP contribution in [-0.2, 0) is 11.3 Å². The highest BCUT2D eigenvalue weighted by Crippen LogP contribution is 2.26. The van der Waals surface area contributed by atoms with Crippen molar-refractivity contribution in [3.05, 3.63) is 23.8 Å². The maximum Gasteiger partial charge on any atom is 0.237 e. The third kappa shape index (κ3) is 3.55. The van der Waals surface area contributed by atoms with E-state index in [9.17, 15) is 4.79 Å². The van der Waals surface area contributed by atoms with Crippen molar-refractivity contribution in [2.75, 3.05) is 27.3 Å². The molecule has 20 heavy (non-hydrogen) atoms. The number of piperazine rings is 1. The molecule has 1 atom stereocenters. The molecule has 2 rings (SSSR count). The van der Waals surface area contributed by atoms with Gasteiger partial charge in [0.05, 0.1) is 20.3 Å². The van der Waals surface area contributed by atoms with Gasteiger partial charge in [0, 0.05) is 31.3 Å². The fourth-order valence-electron chi connectivity index (χ4n) is 2.25. The number of nitrogens with one attached hydrogen (secondary N) is 1. The number of ether oxygens (including phenoxy) is 2. The number of carbonyl (C=O) groups is 1. The number of amides is 1. The molecule has 1 saturated heterocycles. The van der Waals surface area contributed by atoms with E-state index in [1.165, 1.54) is 0 Å². The van der Waals surface area contributed by atoms with E-state index in [1.54, 1.807) is 14.2 Å². The van der Waals surface area contributed by atoms with Crippen LogP contribution < -0.4 is 14.8 Å². The topological polar surface area (TPSA) is 50.8 Å². The number of nitrogens with zero attached hydrogens (tertiary/aromatic N) is 1. The SMILES string of the molecule is COc1ccc(CN2CCNC(=O)C2C)c(OC)c1.Cl. The Morgan fingerprint density at radius 1 is 1.35 bits per heavy atom. The number of benzene rings is 1. The van der Waals surface area contributed by atoms with Gasteiger partial charge in [-0.15, -0.1) is 12.4 Å². The summed E-state index contributed by atoms with van der Waals surface area (Å²) >= 11 is 0. The fourth-order valence-corrected chi connectivity index (χ4v) is 2.25. The van der Waals surface area contributed by atoms with Crippen molar-refractivity contribution in [2.45, 2.75) is 19.5 Å². The van der Waals surface area contributed by atoms with Crippen molar-refractivity contribution >= 4 is 18.3 Å². The van der Waals surface area contributed by atoms with Crippen LogP contribution in [0.3, 0.4) is 0 Å². The lowest BCUT2D eigenvalue weighted by atomic mass is 10.1. The first-order valence-electron chi connectivity index (χ1n) is 6.38. The maximum atomic E-state index is 11.6. The highest BCUT2D eigenvalue weighted by molar-refractivity contribution is 5.85. The van der Waals surface area contributed by atoms with Gasteiger partial charge < -0.3 is 14.8 Å². The van der Waals surface area contributed by atoms with Crippen molar-refractivity contribution < 1.29 is 14.3 Å². The van der Waals surface area contributed by atoms with Crippen LogP contribution in [0.1, 0.15) is 12.5 Å². The van der Waals surface area contributed by atoms with Gasteiger partial charge in [-0.1, -0.05) is 6.07 Å². The number of methoxy groups -OCH3 is 2. The molecule has 1 N–H and O–H groups in total. The molecule has 0 aliphatic carbocycles. The van der Waals surface area contributed by atoms with Crippen molar-refractivity contribution in [3.8, 4) is 11.5 Å². The lowest BCUT2D eigenvalue weighted by Gasteiger charge is -2.33. The van der Waals surface area contributed by atoms with Gasteiger partial charge in [-0.2, -0.15) is 0 Å². The second kappa shape index (κ2) is 7.36. The Balaban J connectivity index is 0.00000200. The smallest absolute Gasteiger partial charge is 0.237 e. The molecule has 1 unspecified atom stereocenters. The number of rotatable bonds is 4. The molecule has 6 heteroatoms. The van der Waals surface area contributed by atoms with E-state index >= 15 is 0 Å². The summed E-state index contributed by atoms with van der Waals surface area (Å²) in [4.78, 5) is 13.8. The molecule has 1 aromatic carbocycles. The molecule has 1 aliphatic rings. The van der Waals surface area contributed by atoms with Gasteiger partial charge in [0.2, 0.25) is 5.91 Å². The Bertz CT molecular complexity index is 468. The van der Waals surface area contributed by atoms with Gasteiger partial charge >= 0.3 is 0 Å². The number of carbonyl (C=O) groups excluding carboxylic acids is 1. The minimum Gasteiger partial charge on any atom is -0.497 e. The Morgan fingerprint density at radius 2 is 2.10 bits per heavy atom. The van der Waals surface area contributed by atoms with Gasteiger partial charge in [0.1, 0.15) is 11.5 Å². The summed E-state index contributed by atoms with van der Waals surface area (Å²) in [5.41, 5.74) is 1.06. The van der Waals surface area contributed by atoms with Gasteiger partial charge in [-0.25, -0.2) is 0 Å². The van der Waals surface area contributed by atoms with E-state index in [0.717, 1.165) is 23.6 Å². The second-order valence-corrected chi connectivity index (χ2v) is 4.62. The molecule has 0 saturated carbocycles. The summed E-state index contributed by atoms with van der Waals surface area (Å²) in [5.74, 6) is 1.64. The summed E-state index contributed by atoms with van der Waals surface area (Å²) in [7, 11) is 3.27. The Kier molecular flexibility index (Phi) is 6.10. The van der Waals surface area contributed by atoms with Crippen LogP contribution in [0, 0.1) is 0 Å². The minimum atomic E-state index is -0.111. The van der Waals surface area contributed by atoms with Crippen molar-refractivity contribution in [2.24, 2.45) is 0 Å². The Morgan fingerprint density at radius 3 is 2.75 bits per heavy atom. The number of hydrogen-bond acceptors (Lipinski definition) is 4. The monoisotopic (exact) mass is 300 g/mol. The molecule has 0 spiro atoms. The first-order valence-corrected chi connectivity index (χ1v) is 6.38. The molecule has 0 aromatic heterocycles. The van der Waals surface area contributed by atoms with E-state index in [2.05, 4.69) is 10.2 Å². The minimum absolute atomic E-state index is 0. The largest absolute Gasteiger partial charge is 0.497 e. The maximum absolute atomic E-state index is 11.6. The van der Waals surface area contributed by atoms with E-state index in [1.807, 2.05) is 25.1 Å². The molecular formula is C14H21ClN2O3. The van der Waals surface area contributed by atoms with Crippen molar-refractivity contribution in [1.29, 1.82) is 0 Å². The van der Waals surface area contributed by atoms with Crippen LogP contribution >= 0.6 is 12.4 Å². The van der Waals surface area contributed by atoms with Gasteiger partial charge in [0.25, 0.3) is 0 Å². The zero-order chi connectivity index (χ0) is 13.8. The molecule has 112 valence electrons. The summed E-state index contributed by atoms with van der Waals surface area (Å²) in [6.07, 6.45) is 0. The second-order valence-electron chi connectivity index (χ2n) is 4.62. The zero-order valence-corrected chi connectivity index (χ0v) is 12.8. The lowest BCUT2D eigenvalue weighted by Crippen LogP contribution is -2.53. The normalized spacial score (nSPS) is 18.9. The zero-order valence-electron chi connectivity index (χ0n) is 12.0. The third-order valence-electron chi connectivity index (χ3n) is 3.49. The predicted molar refractivity (Wildman–Crippen MR) is 79.7 cm³/mol. The molecule has 1 fully saturated rings.